The molecular formula is C12H16N2O2. The van der Waals surface area contributed by atoms with Crippen LogP contribution in [0.1, 0.15) is 28.8 Å². The van der Waals surface area contributed by atoms with Crippen LogP contribution in [0.25, 0.3) is 0 Å². The lowest BCUT2D eigenvalue weighted by molar-refractivity contribution is 0.0420. The second-order valence-corrected chi connectivity index (χ2v) is 4.45. The van der Waals surface area contributed by atoms with Gasteiger partial charge in [-0.1, -0.05) is 0 Å². The summed E-state index contributed by atoms with van der Waals surface area (Å²) in [6.07, 6.45) is 4.72. The van der Waals surface area contributed by atoms with Crippen molar-refractivity contribution >= 4 is 5.91 Å². The van der Waals surface area contributed by atoms with E-state index in [1.165, 1.54) is 0 Å². The number of rotatable bonds is 3. The summed E-state index contributed by atoms with van der Waals surface area (Å²) in [7, 11) is 0. The van der Waals surface area contributed by atoms with Crippen LogP contribution in [-0.4, -0.2) is 28.6 Å². The molecule has 0 radical (unpaired) electrons. The first-order chi connectivity index (χ1) is 7.65. The first kappa shape index (κ1) is 11.1. The van der Waals surface area contributed by atoms with E-state index in [0.29, 0.717) is 18.0 Å². The monoisotopic (exact) mass is 220 g/mol. The van der Waals surface area contributed by atoms with E-state index >= 15 is 0 Å². The average Bonchev–Trinajstić information content (AvgIpc) is 2.22. The number of amides is 1. The van der Waals surface area contributed by atoms with E-state index in [0.717, 1.165) is 18.4 Å². The van der Waals surface area contributed by atoms with Crippen molar-refractivity contribution in [1.82, 2.24) is 10.3 Å². The highest BCUT2D eigenvalue weighted by Gasteiger charge is 2.27. The van der Waals surface area contributed by atoms with Crippen molar-refractivity contribution in [3.05, 3.63) is 29.6 Å². The van der Waals surface area contributed by atoms with E-state index in [-0.39, 0.29) is 12.0 Å². The number of carbonyl (C=O) groups is 1. The second kappa shape index (κ2) is 4.61. The summed E-state index contributed by atoms with van der Waals surface area (Å²) in [5, 5.41) is 12.0. The summed E-state index contributed by atoms with van der Waals surface area (Å²) in [6.45, 7) is 2.55. The summed E-state index contributed by atoms with van der Waals surface area (Å²) in [5.41, 5.74) is 1.58. The van der Waals surface area contributed by atoms with E-state index in [4.69, 9.17) is 5.11 Å². The van der Waals surface area contributed by atoms with Crippen molar-refractivity contribution in [2.45, 2.75) is 25.9 Å². The van der Waals surface area contributed by atoms with Crippen LogP contribution in [-0.2, 0) is 0 Å². The van der Waals surface area contributed by atoms with Gasteiger partial charge in [0.15, 0.2) is 0 Å². The number of aryl methyl sites for hydroxylation is 1. The largest absolute Gasteiger partial charge is 0.393 e. The zero-order chi connectivity index (χ0) is 11.5. The first-order valence-electron chi connectivity index (χ1n) is 5.53. The van der Waals surface area contributed by atoms with Gasteiger partial charge in [-0.05, 0) is 37.3 Å². The Bertz CT molecular complexity index is 386. The third-order valence-corrected chi connectivity index (χ3v) is 2.90. The molecule has 0 aliphatic heterocycles. The highest BCUT2D eigenvalue weighted by atomic mass is 16.3. The fourth-order valence-corrected chi connectivity index (χ4v) is 1.89. The molecule has 16 heavy (non-hydrogen) atoms. The summed E-state index contributed by atoms with van der Waals surface area (Å²) in [4.78, 5) is 15.7. The zero-order valence-corrected chi connectivity index (χ0v) is 9.31. The Hall–Kier alpha value is -1.42. The van der Waals surface area contributed by atoms with Gasteiger partial charge in [-0.25, -0.2) is 0 Å². The molecule has 0 unspecified atom stereocenters. The molecule has 1 fully saturated rings. The van der Waals surface area contributed by atoms with Gasteiger partial charge in [0, 0.05) is 18.9 Å². The Morgan fingerprint density at radius 2 is 2.31 bits per heavy atom. The molecule has 1 saturated carbocycles. The van der Waals surface area contributed by atoms with Gasteiger partial charge >= 0.3 is 0 Å². The summed E-state index contributed by atoms with van der Waals surface area (Å²) in [5.74, 6) is 0.342. The number of hydrogen-bond donors (Lipinski definition) is 2. The number of nitrogens with one attached hydrogen (secondary N) is 1. The standard InChI is InChI=1S/C12H16N2O2/c1-8-2-10(7-13-5-8)12(16)14-6-9-3-11(15)4-9/h2,5,7,9,11,15H,3-4,6H2,1H3,(H,14,16). The van der Waals surface area contributed by atoms with Gasteiger partial charge in [-0.3, -0.25) is 9.78 Å². The first-order valence-corrected chi connectivity index (χ1v) is 5.53. The van der Waals surface area contributed by atoms with Crippen molar-refractivity contribution in [3.8, 4) is 0 Å². The Morgan fingerprint density at radius 1 is 1.56 bits per heavy atom. The molecule has 0 bridgehead atoms. The zero-order valence-electron chi connectivity index (χ0n) is 9.31. The number of aromatic nitrogens is 1. The molecule has 2 N–H and O–H groups in total. The van der Waals surface area contributed by atoms with Crippen LogP contribution in [0.5, 0.6) is 0 Å². The Morgan fingerprint density at radius 3 is 2.94 bits per heavy atom. The van der Waals surface area contributed by atoms with Gasteiger partial charge in [-0.15, -0.1) is 0 Å². The smallest absolute Gasteiger partial charge is 0.252 e. The van der Waals surface area contributed by atoms with Gasteiger partial charge in [0.1, 0.15) is 0 Å². The number of nitrogens with zero attached hydrogens (tertiary/aromatic N) is 1. The number of carbonyl (C=O) groups excluding carboxylic acids is 1. The quantitative estimate of drug-likeness (QED) is 0.795. The predicted molar refractivity (Wildman–Crippen MR) is 60.0 cm³/mol. The van der Waals surface area contributed by atoms with Crippen LogP contribution >= 0.6 is 0 Å². The molecule has 2 rings (SSSR count). The molecule has 0 aromatic carbocycles. The van der Waals surface area contributed by atoms with Gasteiger partial charge in [-0.2, -0.15) is 0 Å². The fourth-order valence-electron chi connectivity index (χ4n) is 1.89. The van der Waals surface area contributed by atoms with E-state index in [1.807, 2.05) is 13.0 Å². The van der Waals surface area contributed by atoms with Crippen LogP contribution in [0.2, 0.25) is 0 Å². The number of aliphatic hydroxyl groups excluding tert-OH is 1. The molecule has 1 aliphatic rings. The van der Waals surface area contributed by atoms with Crippen LogP contribution in [0.3, 0.4) is 0 Å². The second-order valence-electron chi connectivity index (χ2n) is 4.45. The SMILES string of the molecule is Cc1cncc(C(=O)NCC2CC(O)C2)c1. The third-order valence-electron chi connectivity index (χ3n) is 2.90. The summed E-state index contributed by atoms with van der Waals surface area (Å²) < 4.78 is 0. The van der Waals surface area contributed by atoms with Crippen molar-refractivity contribution in [1.29, 1.82) is 0 Å². The summed E-state index contributed by atoms with van der Waals surface area (Å²) >= 11 is 0. The van der Waals surface area contributed by atoms with Crippen molar-refractivity contribution in [3.63, 3.8) is 0 Å². The molecule has 4 heteroatoms. The maximum absolute atomic E-state index is 11.7. The minimum atomic E-state index is -0.164. The van der Waals surface area contributed by atoms with E-state index in [9.17, 15) is 4.79 Å². The third kappa shape index (κ3) is 2.58. The lowest BCUT2D eigenvalue weighted by atomic mass is 9.82. The maximum atomic E-state index is 11.7. The number of hydrogen-bond acceptors (Lipinski definition) is 3. The topological polar surface area (TPSA) is 62.2 Å². The lowest BCUT2D eigenvalue weighted by Crippen LogP contribution is -2.38. The van der Waals surface area contributed by atoms with Crippen molar-refractivity contribution in [2.24, 2.45) is 5.92 Å². The molecule has 0 spiro atoms. The molecule has 1 aromatic heterocycles. The summed E-state index contributed by atoms with van der Waals surface area (Å²) in [6, 6.07) is 1.82. The van der Waals surface area contributed by atoms with E-state index in [2.05, 4.69) is 10.3 Å². The molecule has 4 nitrogen and oxygen atoms in total. The number of aliphatic hydroxyl groups is 1. The molecular weight excluding hydrogens is 204 g/mol. The number of pyridine rings is 1. The normalized spacial score (nSPS) is 23.6. The van der Waals surface area contributed by atoms with Crippen LogP contribution in [0, 0.1) is 12.8 Å². The van der Waals surface area contributed by atoms with Crippen molar-refractivity contribution in [2.75, 3.05) is 6.54 Å². The van der Waals surface area contributed by atoms with Crippen LogP contribution in [0.4, 0.5) is 0 Å². The highest BCUT2D eigenvalue weighted by molar-refractivity contribution is 5.93. The predicted octanol–water partition coefficient (Wildman–Crippen LogP) is 0.891. The highest BCUT2D eigenvalue weighted by Crippen LogP contribution is 2.26. The van der Waals surface area contributed by atoms with Crippen LogP contribution < -0.4 is 5.32 Å². The molecule has 0 atom stereocenters. The van der Waals surface area contributed by atoms with Gasteiger partial charge in [0.25, 0.3) is 5.91 Å². The van der Waals surface area contributed by atoms with Crippen LogP contribution in [0.15, 0.2) is 18.5 Å². The molecule has 86 valence electrons. The molecule has 0 saturated heterocycles. The lowest BCUT2D eigenvalue weighted by Gasteiger charge is -2.31. The Kier molecular flexibility index (Phi) is 3.19. The fraction of sp³-hybridized carbons (Fsp3) is 0.500. The molecule has 1 aliphatic carbocycles. The van der Waals surface area contributed by atoms with Gasteiger partial charge in [0.2, 0.25) is 0 Å². The minimum absolute atomic E-state index is 0.0856. The van der Waals surface area contributed by atoms with Gasteiger partial charge in [0.05, 0.1) is 11.7 Å². The molecule has 1 amide bonds. The Labute approximate surface area is 94.7 Å². The Balaban J connectivity index is 1.84. The van der Waals surface area contributed by atoms with E-state index in [1.54, 1.807) is 12.4 Å². The van der Waals surface area contributed by atoms with Crippen molar-refractivity contribution < 1.29 is 9.90 Å². The van der Waals surface area contributed by atoms with Gasteiger partial charge < -0.3 is 10.4 Å². The minimum Gasteiger partial charge on any atom is -0.393 e. The average molecular weight is 220 g/mol. The van der Waals surface area contributed by atoms with E-state index < -0.39 is 0 Å². The molecule has 1 heterocycles. The molecule has 1 aromatic rings. The maximum Gasteiger partial charge on any atom is 0.252 e.